The lowest BCUT2D eigenvalue weighted by molar-refractivity contribution is 0.0335. The van der Waals surface area contributed by atoms with Crippen molar-refractivity contribution in [2.24, 2.45) is 0 Å². The van der Waals surface area contributed by atoms with E-state index in [1.807, 2.05) is 42.2 Å². The van der Waals surface area contributed by atoms with Crippen LogP contribution < -0.4 is 4.90 Å². The van der Waals surface area contributed by atoms with Crippen molar-refractivity contribution in [2.75, 3.05) is 24.6 Å². The van der Waals surface area contributed by atoms with Crippen molar-refractivity contribution in [2.45, 2.75) is 13.0 Å². The number of rotatable bonds is 3. The number of hydrogen-bond acceptors (Lipinski definition) is 7. The smallest absolute Gasteiger partial charge is 0.266 e. The van der Waals surface area contributed by atoms with Gasteiger partial charge in [-0.25, -0.2) is 4.98 Å². The van der Waals surface area contributed by atoms with Crippen LogP contribution in [0.5, 0.6) is 0 Å². The molecule has 118 valence electrons. The fraction of sp³-hybridized carbons (Fsp3) is 0.333. The monoisotopic (exact) mass is 312 g/mol. The van der Waals surface area contributed by atoms with Gasteiger partial charge in [-0.2, -0.15) is 10.1 Å². The van der Waals surface area contributed by atoms with Gasteiger partial charge in [0.25, 0.3) is 11.8 Å². The molecule has 3 heterocycles. The predicted octanol–water partition coefficient (Wildman–Crippen LogP) is 1.74. The highest BCUT2D eigenvalue weighted by Crippen LogP contribution is 2.24. The van der Waals surface area contributed by atoms with Gasteiger partial charge in [0, 0.05) is 12.1 Å². The van der Waals surface area contributed by atoms with Gasteiger partial charge in [-0.05, 0) is 24.2 Å². The maximum atomic E-state index is 5.75. The molecule has 0 radical (unpaired) electrons. The van der Waals surface area contributed by atoms with E-state index in [1.165, 1.54) is 0 Å². The van der Waals surface area contributed by atoms with Crippen molar-refractivity contribution >= 4 is 5.95 Å². The fourth-order valence-corrected chi connectivity index (χ4v) is 2.53. The van der Waals surface area contributed by atoms with Crippen LogP contribution in [0.4, 0.5) is 5.95 Å². The Morgan fingerprint density at radius 2 is 2.09 bits per heavy atom. The Balaban J connectivity index is 1.53. The largest absolute Gasteiger partial charge is 0.366 e. The Morgan fingerprint density at radius 1 is 1.22 bits per heavy atom. The van der Waals surface area contributed by atoms with Crippen LogP contribution >= 0.6 is 0 Å². The standard InChI is InChI=1S/C15H16N6O2/c1-10-16-13(19-18-10)12-9-21(7-8-22-12)15-17-14(23-20-15)11-5-3-2-4-6-11/h2-6,12H,7-9H2,1H3,(H,16,18,19). The van der Waals surface area contributed by atoms with Gasteiger partial charge in [0.05, 0.1) is 13.2 Å². The van der Waals surface area contributed by atoms with Gasteiger partial charge < -0.3 is 14.2 Å². The van der Waals surface area contributed by atoms with E-state index in [1.54, 1.807) is 0 Å². The summed E-state index contributed by atoms with van der Waals surface area (Å²) in [6, 6.07) is 9.71. The van der Waals surface area contributed by atoms with Crippen LogP contribution in [0.25, 0.3) is 11.5 Å². The Kier molecular flexibility index (Phi) is 3.51. The van der Waals surface area contributed by atoms with E-state index in [2.05, 4.69) is 25.3 Å². The third kappa shape index (κ3) is 2.80. The van der Waals surface area contributed by atoms with E-state index in [-0.39, 0.29) is 6.10 Å². The lowest BCUT2D eigenvalue weighted by Gasteiger charge is -2.30. The summed E-state index contributed by atoms with van der Waals surface area (Å²) in [5.74, 6) is 2.49. The van der Waals surface area contributed by atoms with Gasteiger partial charge >= 0.3 is 0 Å². The molecule has 1 atom stereocenters. The van der Waals surface area contributed by atoms with Crippen molar-refractivity contribution in [1.82, 2.24) is 25.3 Å². The third-order valence-corrected chi connectivity index (χ3v) is 3.69. The van der Waals surface area contributed by atoms with E-state index >= 15 is 0 Å². The molecule has 8 nitrogen and oxygen atoms in total. The number of H-pyrrole nitrogens is 1. The van der Waals surface area contributed by atoms with Crippen LogP contribution in [-0.4, -0.2) is 45.0 Å². The summed E-state index contributed by atoms with van der Waals surface area (Å²) in [5, 5.41) is 11.1. The molecule has 0 amide bonds. The van der Waals surface area contributed by atoms with Gasteiger partial charge in [-0.15, -0.1) is 0 Å². The molecule has 3 aromatic rings. The molecule has 2 aromatic heterocycles. The van der Waals surface area contributed by atoms with E-state index in [9.17, 15) is 0 Å². The Labute approximate surface area is 132 Å². The zero-order valence-corrected chi connectivity index (χ0v) is 12.6. The number of ether oxygens (including phenoxy) is 1. The van der Waals surface area contributed by atoms with Crippen molar-refractivity contribution < 1.29 is 9.26 Å². The molecule has 23 heavy (non-hydrogen) atoms. The average Bonchev–Trinajstić information content (AvgIpc) is 3.25. The molecule has 8 heteroatoms. The van der Waals surface area contributed by atoms with Crippen molar-refractivity contribution in [3.05, 3.63) is 42.0 Å². The van der Waals surface area contributed by atoms with Crippen LogP contribution in [0.2, 0.25) is 0 Å². The Bertz CT molecular complexity index is 784. The van der Waals surface area contributed by atoms with Gasteiger partial charge in [0.1, 0.15) is 11.9 Å². The Hall–Kier alpha value is -2.74. The van der Waals surface area contributed by atoms with E-state index in [0.717, 1.165) is 11.4 Å². The summed E-state index contributed by atoms with van der Waals surface area (Å²) in [7, 11) is 0. The fourth-order valence-electron chi connectivity index (χ4n) is 2.53. The normalized spacial score (nSPS) is 18.3. The number of hydrogen-bond donors (Lipinski definition) is 1. The molecule has 0 spiro atoms. The van der Waals surface area contributed by atoms with Gasteiger partial charge in [-0.3, -0.25) is 5.10 Å². The number of aromatic nitrogens is 5. The molecule has 1 aromatic carbocycles. The van der Waals surface area contributed by atoms with Gasteiger partial charge in [-0.1, -0.05) is 18.2 Å². The number of aromatic amines is 1. The van der Waals surface area contributed by atoms with Crippen LogP contribution in [0.3, 0.4) is 0 Å². The molecule has 0 aliphatic carbocycles. The molecule has 0 saturated carbocycles. The second-order valence-corrected chi connectivity index (χ2v) is 5.35. The highest BCUT2D eigenvalue weighted by atomic mass is 16.5. The molecule has 1 unspecified atom stereocenters. The molecular weight excluding hydrogens is 296 g/mol. The average molecular weight is 312 g/mol. The molecule has 1 N–H and O–H groups in total. The van der Waals surface area contributed by atoms with Crippen LogP contribution in [0, 0.1) is 6.92 Å². The second kappa shape index (κ2) is 5.81. The van der Waals surface area contributed by atoms with Gasteiger partial charge in [0.15, 0.2) is 5.82 Å². The summed E-state index contributed by atoms with van der Waals surface area (Å²) < 4.78 is 11.1. The first-order chi connectivity index (χ1) is 11.3. The first-order valence-corrected chi connectivity index (χ1v) is 7.44. The number of anilines is 1. The number of aryl methyl sites for hydroxylation is 1. The van der Waals surface area contributed by atoms with Crippen molar-refractivity contribution in [3.8, 4) is 11.5 Å². The molecule has 1 aliphatic rings. The summed E-state index contributed by atoms with van der Waals surface area (Å²) in [4.78, 5) is 10.8. The zero-order chi connectivity index (χ0) is 15.6. The molecule has 1 fully saturated rings. The predicted molar refractivity (Wildman–Crippen MR) is 81.8 cm³/mol. The Morgan fingerprint density at radius 3 is 2.87 bits per heavy atom. The second-order valence-electron chi connectivity index (χ2n) is 5.35. The number of nitrogens with zero attached hydrogens (tertiary/aromatic N) is 5. The lowest BCUT2D eigenvalue weighted by atomic mass is 10.2. The maximum Gasteiger partial charge on any atom is 0.266 e. The minimum Gasteiger partial charge on any atom is -0.366 e. The lowest BCUT2D eigenvalue weighted by Crippen LogP contribution is -2.39. The molecular formula is C15H16N6O2. The van der Waals surface area contributed by atoms with Gasteiger partial charge in [0.2, 0.25) is 0 Å². The minimum absolute atomic E-state index is 0.202. The first-order valence-electron chi connectivity index (χ1n) is 7.44. The quantitative estimate of drug-likeness (QED) is 0.787. The van der Waals surface area contributed by atoms with E-state index < -0.39 is 0 Å². The number of benzene rings is 1. The number of morpholine rings is 1. The molecule has 0 bridgehead atoms. The van der Waals surface area contributed by atoms with E-state index in [4.69, 9.17) is 9.26 Å². The summed E-state index contributed by atoms with van der Waals surface area (Å²) in [6.07, 6.45) is -0.202. The first kappa shape index (κ1) is 13.9. The van der Waals surface area contributed by atoms with Crippen molar-refractivity contribution in [1.29, 1.82) is 0 Å². The highest BCUT2D eigenvalue weighted by molar-refractivity contribution is 5.54. The SMILES string of the molecule is Cc1nc(C2CN(c3noc(-c4ccccc4)n3)CCO2)n[nH]1. The summed E-state index contributed by atoms with van der Waals surface area (Å²) in [6.45, 7) is 3.72. The summed E-state index contributed by atoms with van der Waals surface area (Å²) >= 11 is 0. The molecule has 1 aliphatic heterocycles. The zero-order valence-electron chi connectivity index (χ0n) is 12.6. The van der Waals surface area contributed by atoms with Crippen LogP contribution in [0.1, 0.15) is 17.8 Å². The topological polar surface area (TPSA) is 93.0 Å². The minimum atomic E-state index is -0.202. The van der Waals surface area contributed by atoms with Crippen LogP contribution in [-0.2, 0) is 4.74 Å². The third-order valence-electron chi connectivity index (χ3n) is 3.69. The number of nitrogens with one attached hydrogen (secondary N) is 1. The van der Waals surface area contributed by atoms with E-state index in [0.29, 0.717) is 37.4 Å². The summed E-state index contributed by atoms with van der Waals surface area (Å²) in [5.41, 5.74) is 0.903. The molecule has 1 saturated heterocycles. The maximum absolute atomic E-state index is 5.75. The molecule has 4 rings (SSSR count). The van der Waals surface area contributed by atoms with Crippen molar-refractivity contribution in [3.63, 3.8) is 0 Å². The van der Waals surface area contributed by atoms with Crippen LogP contribution in [0.15, 0.2) is 34.9 Å². The highest BCUT2D eigenvalue weighted by Gasteiger charge is 2.27.